The Morgan fingerprint density at radius 2 is 2.06 bits per heavy atom. The number of halogens is 1. The van der Waals surface area contributed by atoms with Gasteiger partial charge in [0, 0.05) is 53.9 Å². The Morgan fingerprint density at radius 3 is 2.90 bits per heavy atom. The summed E-state index contributed by atoms with van der Waals surface area (Å²) in [6.45, 7) is 1.21. The maximum atomic E-state index is 14.4. The van der Waals surface area contributed by atoms with Crippen molar-refractivity contribution in [2.45, 2.75) is 13.0 Å². The van der Waals surface area contributed by atoms with Crippen molar-refractivity contribution >= 4 is 22.9 Å². The first-order valence-electron chi connectivity index (χ1n) is 10.1. The quantitative estimate of drug-likeness (QED) is 0.474. The first-order chi connectivity index (χ1) is 15.2. The third-order valence-corrected chi connectivity index (χ3v) is 5.43. The molecule has 0 saturated carbocycles. The molecule has 0 radical (unpaired) electrons. The molecular formula is C25H20FN3O2. The smallest absolute Gasteiger partial charge is 0.246 e. The molecule has 4 aromatic rings. The minimum Gasteiger partial charge on any atom is -0.453 e. The van der Waals surface area contributed by atoms with Gasteiger partial charge in [-0.05, 0) is 42.0 Å². The van der Waals surface area contributed by atoms with Gasteiger partial charge in [-0.3, -0.25) is 9.78 Å². The zero-order chi connectivity index (χ0) is 21.2. The molecule has 154 valence electrons. The van der Waals surface area contributed by atoms with Crippen LogP contribution in [0.15, 0.2) is 73.1 Å². The molecule has 0 aliphatic carbocycles. The number of rotatable bonds is 4. The van der Waals surface area contributed by atoms with Gasteiger partial charge in [0.05, 0.1) is 6.20 Å². The number of H-pyrrole nitrogens is 1. The molecule has 6 heteroatoms. The maximum Gasteiger partial charge on any atom is 0.246 e. The van der Waals surface area contributed by atoms with Crippen LogP contribution in [0.1, 0.15) is 16.8 Å². The number of hydrogen-bond acceptors (Lipinski definition) is 3. The predicted molar refractivity (Wildman–Crippen MR) is 117 cm³/mol. The number of aromatic amines is 1. The largest absolute Gasteiger partial charge is 0.453 e. The molecule has 2 aromatic heterocycles. The second kappa shape index (κ2) is 8.07. The predicted octanol–water partition coefficient (Wildman–Crippen LogP) is 5.09. The van der Waals surface area contributed by atoms with Crippen LogP contribution in [0.25, 0.3) is 17.0 Å². The Kier molecular flexibility index (Phi) is 4.96. The van der Waals surface area contributed by atoms with E-state index < -0.39 is 5.82 Å². The summed E-state index contributed by atoms with van der Waals surface area (Å²) in [5, 5.41) is 1.16. The number of amides is 1. The van der Waals surface area contributed by atoms with E-state index in [0.29, 0.717) is 24.4 Å². The van der Waals surface area contributed by atoms with Gasteiger partial charge in [0.2, 0.25) is 5.91 Å². The monoisotopic (exact) mass is 413 g/mol. The minimum atomic E-state index is -0.500. The molecule has 0 saturated heterocycles. The molecule has 0 fully saturated rings. The molecule has 1 amide bonds. The van der Waals surface area contributed by atoms with Gasteiger partial charge in [-0.15, -0.1) is 0 Å². The summed E-state index contributed by atoms with van der Waals surface area (Å²) in [5.74, 6) is -0.0205. The van der Waals surface area contributed by atoms with Gasteiger partial charge in [0.15, 0.2) is 11.6 Å². The van der Waals surface area contributed by atoms with Crippen LogP contribution in [0, 0.1) is 5.82 Å². The highest BCUT2D eigenvalue weighted by molar-refractivity contribution is 5.93. The number of nitrogens with zero attached hydrogens (tertiary/aromatic N) is 2. The number of aromatic nitrogens is 2. The van der Waals surface area contributed by atoms with Crippen molar-refractivity contribution in [2.75, 3.05) is 6.54 Å². The topological polar surface area (TPSA) is 58.2 Å². The molecule has 5 nitrogen and oxygen atoms in total. The summed E-state index contributed by atoms with van der Waals surface area (Å²) in [4.78, 5) is 21.9. The van der Waals surface area contributed by atoms with Crippen LogP contribution in [0.3, 0.4) is 0 Å². The Balaban J connectivity index is 1.28. The molecule has 0 spiro atoms. The molecule has 0 bridgehead atoms. The normalized spacial score (nSPS) is 13.5. The summed E-state index contributed by atoms with van der Waals surface area (Å²) in [6.07, 6.45) is 7.05. The van der Waals surface area contributed by atoms with E-state index in [9.17, 15) is 9.18 Å². The molecule has 1 aliphatic rings. The number of fused-ring (bicyclic) bond motifs is 3. The molecule has 1 N–H and O–H groups in total. The van der Waals surface area contributed by atoms with Crippen LogP contribution >= 0.6 is 0 Å². The Morgan fingerprint density at radius 1 is 1.16 bits per heavy atom. The second-order valence-electron chi connectivity index (χ2n) is 7.45. The first kappa shape index (κ1) is 19.1. The van der Waals surface area contributed by atoms with E-state index in [4.69, 9.17) is 4.74 Å². The SMILES string of the molecule is O=C(/C=C/c1ccc(Oc2cccnc2)c(F)c1)N1CCc2[nH]c3ccccc3c2C1. The highest BCUT2D eigenvalue weighted by atomic mass is 19.1. The lowest BCUT2D eigenvalue weighted by molar-refractivity contribution is -0.126. The fraction of sp³-hybridized carbons (Fsp3) is 0.120. The van der Waals surface area contributed by atoms with Gasteiger partial charge in [-0.2, -0.15) is 0 Å². The minimum absolute atomic E-state index is 0.0907. The molecule has 2 aromatic carbocycles. The van der Waals surface area contributed by atoms with Gasteiger partial charge < -0.3 is 14.6 Å². The summed E-state index contributed by atoms with van der Waals surface area (Å²) in [6, 6.07) is 16.2. The van der Waals surface area contributed by atoms with E-state index in [1.807, 2.05) is 17.0 Å². The number of para-hydroxylation sites is 1. The van der Waals surface area contributed by atoms with Crippen LogP contribution in [0.4, 0.5) is 4.39 Å². The van der Waals surface area contributed by atoms with E-state index in [0.717, 1.165) is 17.3 Å². The van der Waals surface area contributed by atoms with Crippen molar-refractivity contribution in [2.24, 2.45) is 0 Å². The fourth-order valence-electron chi connectivity index (χ4n) is 3.87. The Labute approximate surface area is 178 Å². The maximum absolute atomic E-state index is 14.4. The zero-order valence-electron chi connectivity index (χ0n) is 16.7. The summed E-state index contributed by atoms with van der Waals surface area (Å²) in [7, 11) is 0. The van der Waals surface area contributed by atoms with Crippen LogP contribution in [0.5, 0.6) is 11.5 Å². The van der Waals surface area contributed by atoms with E-state index in [1.165, 1.54) is 29.6 Å². The average Bonchev–Trinajstić information content (AvgIpc) is 3.18. The van der Waals surface area contributed by atoms with E-state index in [2.05, 4.69) is 22.1 Å². The van der Waals surface area contributed by atoms with Crippen molar-refractivity contribution in [3.63, 3.8) is 0 Å². The third kappa shape index (κ3) is 3.92. The van der Waals surface area contributed by atoms with Crippen molar-refractivity contribution in [3.8, 4) is 11.5 Å². The summed E-state index contributed by atoms with van der Waals surface area (Å²) in [5.41, 5.74) is 4.06. The number of hydrogen-bond donors (Lipinski definition) is 1. The number of pyridine rings is 1. The first-order valence-corrected chi connectivity index (χ1v) is 10.1. The lowest BCUT2D eigenvalue weighted by atomic mass is 10.0. The number of carbonyl (C=O) groups is 1. The van der Waals surface area contributed by atoms with Crippen LogP contribution in [0.2, 0.25) is 0 Å². The molecule has 5 rings (SSSR count). The molecular weight excluding hydrogens is 393 g/mol. The highest BCUT2D eigenvalue weighted by Gasteiger charge is 2.22. The van der Waals surface area contributed by atoms with Crippen molar-refractivity contribution in [1.82, 2.24) is 14.9 Å². The number of benzene rings is 2. The van der Waals surface area contributed by atoms with Crippen LogP contribution in [-0.2, 0) is 17.8 Å². The van der Waals surface area contributed by atoms with Crippen molar-refractivity contribution in [3.05, 3.63) is 95.7 Å². The van der Waals surface area contributed by atoms with Crippen LogP contribution < -0.4 is 4.74 Å². The molecule has 0 atom stereocenters. The van der Waals surface area contributed by atoms with Gasteiger partial charge in [-0.1, -0.05) is 24.3 Å². The zero-order valence-corrected chi connectivity index (χ0v) is 16.7. The van der Waals surface area contributed by atoms with Gasteiger partial charge >= 0.3 is 0 Å². The van der Waals surface area contributed by atoms with E-state index >= 15 is 0 Å². The van der Waals surface area contributed by atoms with E-state index in [-0.39, 0.29) is 11.7 Å². The molecule has 0 unspecified atom stereocenters. The number of carbonyl (C=O) groups excluding carboxylic acids is 1. The van der Waals surface area contributed by atoms with Gasteiger partial charge in [-0.25, -0.2) is 4.39 Å². The fourth-order valence-corrected chi connectivity index (χ4v) is 3.87. The third-order valence-electron chi connectivity index (χ3n) is 5.43. The Bertz CT molecular complexity index is 1280. The lowest BCUT2D eigenvalue weighted by Crippen LogP contribution is -2.34. The van der Waals surface area contributed by atoms with Gasteiger partial charge in [0.1, 0.15) is 5.75 Å². The molecule has 3 heterocycles. The Hall–Kier alpha value is -3.93. The van der Waals surface area contributed by atoms with Gasteiger partial charge in [0.25, 0.3) is 0 Å². The summed E-state index contributed by atoms with van der Waals surface area (Å²) < 4.78 is 19.9. The highest BCUT2D eigenvalue weighted by Crippen LogP contribution is 2.28. The van der Waals surface area contributed by atoms with E-state index in [1.54, 1.807) is 36.5 Å². The lowest BCUT2D eigenvalue weighted by Gasteiger charge is -2.26. The number of ether oxygens (including phenoxy) is 1. The summed E-state index contributed by atoms with van der Waals surface area (Å²) >= 11 is 0. The number of nitrogens with one attached hydrogen (secondary N) is 1. The average molecular weight is 413 g/mol. The second-order valence-corrected chi connectivity index (χ2v) is 7.45. The van der Waals surface area contributed by atoms with Crippen molar-refractivity contribution < 1.29 is 13.9 Å². The standard InChI is InChI=1S/C25H20FN3O2/c26-21-14-17(7-9-24(21)31-18-4-3-12-27-15-18)8-10-25(30)29-13-11-23-20(16-29)19-5-1-2-6-22(19)28-23/h1-10,12,14-15,28H,11,13,16H2/b10-8+. The molecule has 31 heavy (non-hydrogen) atoms. The van der Waals surface area contributed by atoms with Crippen molar-refractivity contribution in [1.29, 1.82) is 0 Å². The van der Waals surface area contributed by atoms with Crippen LogP contribution in [-0.4, -0.2) is 27.3 Å². The molecule has 1 aliphatic heterocycles.